The maximum atomic E-state index is 11.8. The first-order valence-electron chi connectivity index (χ1n) is 10.8. The van der Waals surface area contributed by atoms with Crippen LogP contribution < -0.4 is 5.32 Å². The Morgan fingerprint density at radius 3 is 2.53 bits per heavy atom. The van der Waals surface area contributed by atoms with Gasteiger partial charge in [0.25, 0.3) is 0 Å². The lowest BCUT2D eigenvalue weighted by atomic mass is 9.84. The number of anilines is 1. The van der Waals surface area contributed by atoms with Crippen LogP contribution in [0.5, 0.6) is 0 Å². The van der Waals surface area contributed by atoms with Crippen molar-refractivity contribution in [3.63, 3.8) is 0 Å². The van der Waals surface area contributed by atoms with Gasteiger partial charge >= 0.3 is 0 Å². The number of benzene rings is 1. The van der Waals surface area contributed by atoms with Crippen LogP contribution in [0.2, 0.25) is 0 Å². The van der Waals surface area contributed by atoms with Gasteiger partial charge in [0, 0.05) is 24.2 Å². The number of hydrogen-bond acceptors (Lipinski definition) is 7. The van der Waals surface area contributed by atoms with Crippen molar-refractivity contribution < 1.29 is 8.42 Å². The van der Waals surface area contributed by atoms with Gasteiger partial charge in [-0.1, -0.05) is 0 Å². The molecule has 1 aliphatic carbocycles. The molecule has 4 rings (SSSR count). The standard InChI is InChI=1S/C22H29N5O2S/c1-30(28,29)19-8-10-27(11-9-19)18-5-2-16(3-6-18)14-24-22-20-12-17(13-23)4-7-21(20)25-15-26-22/h4,7,12,15-16,18-19H,2-3,5-6,8-11,14H2,1H3,(H,24,25,26). The molecule has 0 spiro atoms. The van der Waals surface area contributed by atoms with Gasteiger partial charge in [-0.2, -0.15) is 5.26 Å². The van der Waals surface area contributed by atoms with Crippen LogP contribution >= 0.6 is 0 Å². The molecule has 1 saturated carbocycles. The van der Waals surface area contributed by atoms with Crippen molar-refractivity contribution in [2.75, 3.05) is 31.2 Å². The third kappa shape index (κ3) is 4.73. The van der Waals surface area contributed by atoms with E-state index in [1.54, 1.807) is 12.4 Å². The van der Waals surface area contributed by atoms with E-state index < -0.39 is 9.84 Å². The molecule has 0 atom stereocenters. The van der Waals surface area contributed by atoms with Crippen LogP contribution in [0.25, 0.3) is 10.9 Å². The van der Waals surface area contributed by atoms with Crippen LogP contribution in [-0.2, 0) is 9.84 Å². The summed E-state index contributed by atoms with van der Waals surface area (Å²) in [6.07, 6.45) is 9.13. The summed E-state index contributed by atoms with van der Waals surface area (Å²) in [6, 6.07) is 8.24. The monoisotopic (exact) mass is 427 g/mol. The lowest BCUT2D eigenvalue weighted by Gasteiger charge is -2.40. The van der Waals surface area contributed by atoms with E-state index in [-0.39, 0.29) is 5.25 Å². The van der Waals surface area contributed by atoms with Crippen molar-refractivity contribution in [1.82, 2.24) is 14.9 Å². The van der Waals surface area contributed by atoms with Crippen LogP contribution in [0.4, 0.5) is 5.82 Å². The lowest BCUT2D eigenvalue weighted by Crippen LogP contribution is -2.46. The number of fused-ring (bicyclic) bond motifs is 1. The molecule has 30 heavy (non-hydrogen) atoms. The topological polar surface area (TPSA) is 99.0 Å². The van der Waals surface area contributed by atoms with Crippen LogP contribution in [0.15, 0.2) is 24.5 Å². The molecule has 8 heteroatoms. The minimum Gasteiger partial charge on any atom is -0.369 e. The van der Waals surface area contributed by atoms with Gasteiger partial charge in [-0.05, 0) is 75.7 Å². The van der Waals surface area contributed by atoms with Crippen molar-refractivity contribution in [3.8, 4) is 6.07 Å². The fraction of sp³-hybridized carbons (Fsp3) is 0.591. The molecule has 1 saturated heterocycles. The summed E-state index contributed by atoms with van der Waals surface area (Å²) in [7, 11) is -2.91. The molecule has 2 aliphatic rings. The SMILES string of the molecule is CS(=O)(=O)C1CCN(C2CCC(CNc3ncnc4ccc(C#N)cc34)CC2)CC1. The maximum absolute atomic E-state index is 11.8. The number of nitrogens with one attached hydrogen (secondary N) is 1. The molecule has 0 bridgehead atoms. The lowest BCUT2D eigenvalue weighted by molar-refractivity contribution is 0.118. The highest BCUT2D eigenvalue weighted by molar-refractivity contribution is 7.91. The average Bonchev–Trinajstić information content (AvgIpc) is 2.77. The zero-order valence-electron chi connectivity index (χ0n) is 17.4. The van der Waals surface area contributed by atoms with Crippen molar-refractivity contribution in [3.05, 3.63) is 30.1 Å². The van der Waals surface area contributed by atoms with E-state index in [1.807, 2.05) is 12.1 Å². The van der Waals surface area contributed by atoms with Crippen LogP contribution in [-0.4, -0.2) is 60.5 Å². The van der Waals surface area contributed by atoms with E-state index >= 15 is 0 Å². The molecule has 7 nitrogen and oxygen atoms in total. The Kier molecular flexibility index (Phi) is 6.21. The average molecular weight is 428 g/mol. The summed E-state index contributed by atoms with van der Waals surface area (Å²) in [5, 5.41) is 13.4. The van der Waals surface area contributed by atoms with E-state index in [0.29, 0.717) is 17.5 Å². The fourth-order valence-corrected chi connectivity index (χ4v) is 5.96. The summed E-state index contributed by atoms with van der Waals surface area (Å²) in [6.45, 7) is 2.67. The van der Waals surface area contributed by atoms with Crippen LogP contribution in [0.1, 0.15) is 44.1 Å². The molecule has 2 heterocycles. The summed E-state index contributed by atoms with van der Waals surface area (Å²) < 4.78 is 23.5. The highest BCUT2D eigenvalue weighted by atomic mass is 32.2. The molecule has 0 radical (unpaired) electrons. The van der Waals surface area contributed by atoms with E-state index in [9.17, 15) is 8.42 Å². The molecule has 1 aromatic heterocycles. The van der Waals surface area contributed by atoms with Gasteiger partial charge in [0.15, 0.2) is 0 Å². The molecule has 2 aromatic rings. The Hall–Kier alpha value is -2.24. The smallest absolute Gasteiger partial charge is 0.150 e. The second-order valence-electron chi connectivity index (χ2n) is 8.69. The van der Waals surface area contributed by atoms with Crippen molar-refractivity contribution in [2.45, 2.75) is 49.8 Å². The molecule has 0 amide bonds. The zero-order chi connectivity index (χ0) is 21.1. The number of aromatic nitrogens is 2. The molecular formula is C22H29N5O2S. The van der Waals surface area contributed by atoms with Crippen LogP contribution in [0, 0.1) is 17.2 Å². The predicted octanol–water partition coefficient (Wildman–Crippen LogP) is 2.98. The van der Waals surface area contributed by atoms with Gasteiger partial charge in [0.2, 0.25) is 0 Å². The summed E-state index contributed by atoms with van der Waals surface area (Å²) in [4.78, 5) is 11.2. The first-order valence-corrected chi connectivity index (χ1v) is 12.7. The third-order valence-corrected chi connectivity index (χ3v) is 8.42. The second-order valence-corrected chi connectivity index (χ2v) is 11.0. The predicted molar refractivity (Wildman–Crippen MR) is 118 cm³/mol. The number of likely N-dealkylation sites (tertiary alicyclic amines) is 1. The van der Waals surface area contributed by atoms with Crippen molar-refractivity contribution in [2.24, 2.45) is 5.92 Å². The van der Waals surface area contributed by atoms with Gasteiger partial charge in [-0.15, -0.1) is 0 Å². The molecule has 0 unspecified atom stereocenters. The van der Waals surface area contributed by atoms with Crippen molar-refractivity contribution in [1.29, 1.82) is 5.26 Å². The Labute approximate surface area is 178 Å². The fourth-order valence-electron chi connectivity index (χ4n) is 4.89. The second kappa shape index (κ2) is 8.86. The molecule has 1 aliphatic heterocycles. The highest BCUT2D eigenvalue weighted by Crippen LogP contribution is 2.31. The molecular weight excluding hydrogens is 398 g/mol. The number of hydrogen-bond donors (Lipinski definition) is 1. The molecule has 1 N–H and O–H groups in total. The third-order valence-electron chi connectivity index (χ3n) is 6.74. The van der Waals surface area contributed by atoms with Crippen LogP contribution in [0.3, 0.4) is 0 Å². The molecule has 2 fully saturated rings. The first kappa shape index (κ1) is 21.0. The van der Waals surface area contributed by atoms with Gasteiger partial charge < -0.3 is 10.2 Å². The molecule has 160 valence electrons. The Morgan fingerprint density at radius 1 is 1.13 bits per heavy atom. The number of rotatable bonds is 5. The zero-order valence-corrected chi connectivity index (χ0v) is 18.2. The van der Waals surface area contributed by atoms with E-state index in [0.717, 1.165) is 62.0 Å². The Morgan fingerprint density at radius 2 is 1.87 bits per heavy atom. The minimum atomic E-state index is -2.91. The largest absolute Gasteiger partial charge is 0.369 e. The number of nitrogens with zero attached hydrogens (tertiary/aromatic N) is 4. The Bertz CT molecular complexity index is 1030. The first-order chi connectivity index (χ1) is 14.4. The van der Waals surface area contributed by atoms with Gasteiger partial charge in [0.05, 0.1) is 22.4 Å². The quantitative estimate of drug-likeness (QED) is 0.783. The summed E-state index contributed by atoms with van der Waals surface area (Å²) in [5.74, 6) is 1.39. The van der Waals surface area contributed by atoms with Gasteiger partial charge in [-0.25, -0.2) is 18.4 Å². The van der Waals surface area contributed by atoms with Gasteiger partial charge in [-0.3, -0.25) is 0 Å². The van der Waals surface area contributed by atoms with E-state index in [2.05, 4.69) is 26.3 Å². The normalized spacial score (nSPS) is 23.9. The summed E-state index contributed by atoms with van der Waals surface area (Å²) in [5.41, 5.74) is 1.45. The van der Waals surface area contributed by atoms with E-state index in [4.69, 9.17) is 5.26 Å². The highest BCUT2D eigenvalue weighted by Gasteiger charge is 2.32. The number of piperidine rings is 1. The van der Waals surface area contributed by atoms with E-state index in [1.165, 1.54) is 19.1 Å². The Balaban J connectivity index is 1.29. The maximum Gasteiger partial charge on any atom is 0.150 e. The number of nitriles is 1. The summed E-state index contributed by atoms with van der Waals surface area (Å²) >= 11 is 0. The minimum absolute atomic E-state index is 0.154. The molecule has 1 aromatic carbocycles. The number of sulfone groups is 1. The van der Waals surface area contributed by atoms with Crippen molar-refractivity contribution >= 4 is 26.6 Å². The van der Waals surface area contributed by atoms with Gasteiger partial charge in [0.1, 0.15) is 22.0 Å².